The first-order valence-corrected chi connectivity index (χ1v) is 15.5. The molecule has 152 valence electrons. The van der Waals surface area contributed by atoms with E-state index < -0.39 is 28.5 Å². The fraction of sp³-hybridized carbons (Fsp3) is 0.850. The van der Waals surface area contributed by atoms with Crippen molar-refractivity contribution < 1.29 is 18.8 Å². The Hall–Kier alpha value is -0.436. The average molecular weight is 401 g/mol. The third kappa shape index (κ3) is 5.09. The van der Waals surface area contributed by atoms with Crippen molar-refractivity contribution in [1.82, 2.24) is 0 Å². The summed E-state index contributed by atoms with van der Waals surface area (Å²) in [7, 11) is -3.90. The van der Waals surface area contributed by atoms with Gasteiger partial charge in [0.1, 0.15) is 0 Å². The highest BCUT2D eigenvalue weighted by molar-refractivity contribution is 6.74. The highest BCUT2D eigenvalue weighted by Crippen LogP contribution is 2.45. The van der Waals surface area contributed by atoms with Crippen LogP contribution in [0, 0.1) is 11.8 Å². The maximum atomic E-state index is 11.7. The first-order chi connectivity index (χ1) is 11.4. The molecular weight excluding hydrogens is 360 g/mol. The summed E-state index contributed by atoms with van der Waals surface area (Å²) in [6.45, 7) is 26.8. The number of carbonyl (C=O) groups is 1. The van der Waals surface area contributed by atoms with Gasteiger partial charge in [0.2, 0.25) is 0 Å². The lowest BCUT2D eigenvalue weighted by Gasteiger charge is -2.41. The minimum atomic E-state index is -2.00. The van der Waals surface area contributed by atoms with Crippen molar-refractivity contribution in [2.75, 3.05) is 6.61 Å². The van der Waals surface area contributed by atoms with Crippen LogP contribution < -0.4 is 0 Å². The summed E-state index contributed by atoms with van der Waals surface area (Å²) in [5, 5.41) is 9.80. The van der Waals surface area contributed by atoms with E-state index in [0.29, 0.717) is 13.0 Å². The Labute approximate surface area is 162 Å². The largest absolute Gasteiger partial charge is 0.481 e. The fourth-order valence-electron chi connectivity index (χ4n) is 2.72. The zero-order valence-corrected chi connectivity index (χ0v) is 20.5. The second-order valence-corrected chi connectivity index (χ2v) is 20.4. The van der Waals surface area contributed by atoms with Crippen molar-refractivity contribution in [2.24, 2.45) is 11.8 Å². The molecule has 1 N–H and O–H groups in total. The maximum Gasteiger partial charge on any atom is 0.310 e. The van der Waals surface area contributed by atoms with Crippen LogP contribution in [0.2, 0.25) is 36.3 Å². The lowest BCUT2D eigenvalue weighted by molar-refractivity contribution is -0.140. The smallest absolute Gasteiger partial charge is 0.310 e. The minimum absolute atomic E-state index is 0.0423. The molecule has 0 amide bonds. The Morgan fingerprint density at radius 2 is 1.54 bits per heavy atom. The molecule has 6 heteroatoms. The van der Waals surface area contributed by atoms with Crippen LogP contribution in [-0.2, 0) is 13.6 Å². The summed E-state index contributed by atoms with van der Waals surface area (Å²) in [4.78, 5) is 11.7. The van der Waals surface area contributed by atoms with E-state index in [1.807, 2.05) is 0 Å². The molecule has 0 unspecified atom stereocenters. The van der Waals surface area contributed by atoms with E-state index >= 15 is 0 Å². The van der Waals surface area contributed by atoms with Gasteiger partial charge in [0, 0.05) is 12.5 Å². The monoisotopic (exact) mass is 400 g/mol. The molecule has 0 aliphatic heterocycles. The molecular formula is C20H40O4Si2. The SMILES string of the molecule is C=C1[C@H](C(=O)O)C[C@H](O[Si](C)(C)C(C)(C)C)[C@H]1CO[Si](C)(C)C(C)(C)C. The summed E-state index contributed by atoms with van der Waals surface area (Å²) in [6, 6.07) is 0. The lowest BCUT2D eigenvalue weighted by Crippen LogP contribution is -2.47. The van der Waals surface area contributed by atoms with Gasteiger partial charge in [-0.3, -0.25) is 4.79 Å². The van der Waals surface area contributed by atoms with E-state index in [4.69, 9.17) is 8.85 Å². The molecule has 1 fully saturated rings. The van der Waals surface area contributed by atoms with Crippen LogP contribution in [0.5, 0.6) is 0 Å². The van der Waals surface area contributed by atoms with Gasteiger partial charge in [-0.2, -0.15) is 0 Å². The second kappa shape index (κ2) is 7.53. The predicted molar refractivity (Wildman–Crippen MR) is 114 cm³/mol. The van der Waals surface area contributed by atoms with E-state index in [-0.39, 0.29) is 22.1 Å². The number of hydrogen-bond donors (Lipinski definition) is 1. The molecule has 1 saturated carbocycles. The molecule has 0 aromatic rings. The van der Waals surface area contributed by atoms with E-state index in [0.717, 1.165) is 5.57 Å². The standard InChI is InChI=1S/C20H40O4Si2/c1-14-15(18(21)22)12-17(24-26(10,11)20(5,6)7)16(14)13-23-25(8,9)19(2,3)4/h15-17H,1,12-13H2,2-11H3,(H,21,22)/t15-,16+,17+/m1/s1. The zero-order chi connectivity index (χ0) is 20.7. The molecule has 0 saturated heterocycles. The van der Waals surface area contributed by atoms with Crippen molar-refractivity contribution >= 4 is 22.6 Å². The maximum absolute atomic E-state index is 11.7. The normalized spacial score (nSPS) is 25.6. The molecule has 0 radical (unpaired) electrons. The Kier molecular flexibility index (Phi) is 6.83. The molecule has 0 spiro atoms. The van der Waals surface area contributed by atoms with Crippen LogP contribution >= 0.6 is 0 Å². The van der Waals surface area contributed by atoms with E-state index in [1.165, 1.54) is 0 Å². The molecule has 26 heavy (non-hydrogen) atoms. The number of aliphatic carboxylic acids is 1. The molecule has 3 atom stereocenters. The van der Waals surface area contributed by atoms with Gasteiger partial charge in [-0.1, -0.05) is 53.7 Å². The first kappa shape index (κ1) is 23.6. The van der Waals surface area contributed by atoms with Crippen LogP contribution in [0.15, 0.2) is 12.2 Å². The van der Waals surface area contributed by atoms with E-state index in [1.54, 1.807) is 0 Å². The van der Waals surface area contributed by atoms with Crippen molar-refractivity contribution in [1.29, 1.82) is 0 Å². The lowest BCUT2D eigenvalue weighted by atomic mass is 9.99. The van der Waals surface area contributed by atoms with Gasteiger partial charge in [0.15, 0.2) is 16.6 Å². The fourth-order valence-corrected chi connectivity index (χ4v) is 5.12. The number of rotatable bonds is 6. The third-order valence-corrected chi connectivity index (χ3v) is 15.8. The van der Waals surface area contributed by atoms with Crippen molar-refractivity contribution in [3.05, 3.63) is 12.2 Å². The van der Waals surface area contributed by atoms with Crippen LogP contribution in [-0.4, -0.2) is 40.4 Å². The van der Waals surface area contributed by atoms with Gasteiger partial charge in [0.25, 0.3) is 0 Å². The zero-order valence-electron chi connectivity index (χ0n) is 18.5. The number of hydrogen-bond acceptors (Lipinski definition) is 3. The van der Waals surface area contributed by atoms with Gasteiger partial charge in [-0.25, -0.2) is 0 Å². The number of carboxylic acid groups (broad SMARTS) is 1. The van der Waals surface area contributed by atoms with Gasteiger partial charge in [0.05, 0.1) is 12.0 Å². The van der Waals surface area contributed by atoms with Crippen molar-refractivity contribution in [3.63, 3.8) is 0 Å². The van der Waals surface area contributed by atoms with E-state index in [2.05, 4.69) is 74.3 Å². The van der Waals surface area contributed by atoms with Crippen molar-refractivity contribution in [3.8, 4) is 0 Å². The third-order valence-electron chi connectivity index (χ3n) is 6.82. The highest BCUT2D eigenvalue weighted by Gasteiger charge is 2.48. The Balaban J connectivity index is 3.03. The minimum Gasteiger partial charge on any atom is -0.481 e. The topological polar surface area (TPSA) is 55.8 Å². The molecule has 4 nitrogen and oxygen atoms in total. The molecule has 1 aliphatic carbocycles. The molecule has 0 aromatic carbocycles. The summed E-state index contributed by atoms with van der Waals surface area (Å²) in [5.41, 5.74) is 0.764. The quantitative estimate of drug-likeness (QED) is 0.460. The van der Waals surface area contributed by atoms with E-state index in [9.17, 15) is 9.90 Å². The molecule has 0 bridgehead atoms. The summed E-state index contributed by atoms with van der Waals surface area (Å²) in [5.74, 6) is -1.37. The summed E-state index contributed by atoms with van der Waals surface area (Å²) >= 11 is 0. The molecule has 1 rings (SSSR count). The summed E-state index contributed by atoms with van der Waals surface area (Å²) < 4.78 is 13.1. The van der Waals surface area contributed by atoms with Crippen LogP contribution in [0.4, 0.5) is 0 Å². The van der Waals surface area contributed by atoms with Gasteiger partial charge < -0.3 is 14.0 Å². The Morgan fingerprint density at radius 3 is 1.92 bits per heavy atom. The molecule has 0 aromatic heterocycles. The Bertz CT molecular complexity index is 541. The average Bonchev–Trinajstić information content (AvgIpc) is 2.70. The predicted octanol–water partition coefficient (Wildman–Crippen LogP) is 5.68. The Morgan fingerprint density at radius 1 is 1.08 bits per heavy atom. The van der Waals surface area contributed by atoms with Crippen molar-refractivity contribution in [2.45, 2.75) is 90.3 Å². The molecule has 1 aliphatic rings. The van der Waals surface area contributed by atoms with Crippen LogP contribution in [0.1, 0.15) is 48.0 Å². The second-order valence-electron chi connectivity index (χ2n) is 10.8. The number of carboxylic acids is 1. The molecule has 0 heterocycles. The van der Waals surface area contributed by atoms with Gasteiger partial charge >= 0.3 is 5.97 Å². The van der Waals surface area contributed by atoms with Gasteiger partial charge in [-0.05, 0) is 42.7 Å². The van der Waals surface area contributed by atoms with Gasteiger partial charge in [-0.15, -0.1) is 0 Å². The first-order valence-electron chi connectivity index (χ1n) is 9.64. The summed E-state index contributed by atoms with van der Waals surface area (Å²) in [6.07, 6.45) is 0.390. The highest BCUT2D eigenvalue weighted by atomic mass is 28.4. The van der Waals surface area contributed by atoms with Crippen LogP contribution in [0.3, 0.4) is 0 Å². The van der Waals surface area contributed by atoms with Crippen LogP contribution in [0.25, 0.3) is 0 Å².